The first-order valence-electron chi connectivity index (χ1n) is 6.44. The number of sulfonamides is 1. The normalized spacial score (nSPS) is 15.0. The zero-order valence-electron chi connectivity index (χ0n) is 11.4. The van der Waals surface area contributed by atoms with E-state index < -0.39 is 14.8 Å². The molecule has 1 atom stereocenters. The summed E-state index contributed by atoms with van der Waals surface area (Å²) in [6.45, 7) is 1.59. The average molecular weight is 301 g/mol. The molecule has 21 heavy (non-hydrogen) atoms. The average Bonchev–Trinajstić information content (AvgIpc) is 2.90. The predicted octanol–water partition coefficient (Wildman–Crippen LogP) is 2.11. The standard InChI is InChI=1S/C15H15N3O2S/c1-15(21(16,19)20,12-6-4-8-17-10-12)14-9-11-5-2-3-7-13(11)18-14/h2-10,18H,1H3,(H2,16,19,20). The van der Waals surface area contributed by atoms with Crippen LogP contribution in [-0.4, -0.2) is 18.4 Å². The van der Waals surface area contributed by atoms with Crippen molar-refractivity contribution in [2.75, 3.05) is 0 Å². The van der Waals surface area contributed by atoms with Crippen LogP contribution in [0.15, 0.2) is 54.9 Å². The van der Waals surface area contributed by atoms with E-state index in [2.05, 4.69) is 9.97 Å². The highest BCUT2D eigenvalue weighted by Crippen LogP contribution is 2.36. The Morgan fingerprint density at radius 2 is 1.95 bits per heavy atom. The number of hydrogen-bond acceptors (Lipinski definition) is 3. The second-order valence-electron chi connectivity index (χ2n) is 5.09. The SMILES string of the molecule is CC(c1cccnc1)(c1cc2ccccc2[nH]1)S(N)(=O)=O. The highest BCUT2D eigenvalue weighted by atomic mass is 32.2. The Balaban J connectivity index is 2.30. The van der Waals surface area contributed by atoms with E-state index in [1.807, 2.05) is 30.3 Å². The van der Waals surface area contributed by atoms with Gasteiger partial charge in [0.1, 0.15) is 4.75 Å². The zero-order chi connectivity index (χ0) is 15.1. The molecule has 1 unspecified atom stereocenters. The summed E-state index contributed by atoms with van der Waals surface area (Å²) in [7, 11) is -3.89. The number of aromatic nitrogens is 2. The minimum Gasteiger partial charge on any atom is -0.357 e. The van der Waals surface area contributed by atoms with Crippen molar-refractivity contribution in [1.29, 1.82) is 0 Å². The minimum absolute atomic E-state index is 0.527. The van der Waals surface area contributed by atoms with Gasteiger partial charge in [0.25, 0.3) is 0 Å². The van der Waals surface area contributed by atoms with Crippen molar-refractivity contribution < 1.29 is 8.42 Å². The van der Waals surface area contributed by atoms with Gasteiger partial charge in [-0.05, 0) is 36.1 Å². The molecule has 3 rings (SSSR count). The molecule has 2 aromatic heterocycles. The Bertz CT molecular complexity index is 854. The second-order valence-corrected chi connectivity index (χ2v) is 7.00. The number of para-hydroxylation sites is 1. The number of fused-ring (bicyclic) bond motifs is 1. The highest BCUT2D eigenvalue weighted by Gasteiger charge is 2.42. The van der Waals surface area contributed by atoms with Crippen molar-refractivity contribution in [2.24, 2.45) is 5.14 Å². The summed E-state index contributed by atoms with van der Waals surface area (Å²) in [5.74, 6) is 0. The largest absolute Gasteiger partial charge is 0.357 e. The molecule has 0 fully saturated rings. The summed E-state index contributed by atoms with van der Waals surface area (Å²) in [5.41, 5.74) is 1.92. The van der Waals surface area contributed by atoms with Gasteiger partial charge in [0.05, 0.1) is 0 Å². The van der Waals surface area contributed by atoms with Crippen LogP contribution in [0.25, 0.3) is 10.9 Å². The van der Waals surface area contributed by atoms with Crippen molar-refractivity contribution in [1.82, 2.24) is 9.97 Å². The molecular weight excluding hydrogens is 286 g/mol. The van der Waals surface area contributed by atoms with E-state index in [1.165, 1.54) is 6.20 Å². The number of H-pyrrole nitrogens is 1. The van der Waals surface area contributed by atoms with Gasteiger partial charge in [-0.25, -0.2) is 13.6 Å². The van der Waals surface area contributed by atoms with Gasteiger partial charge in [-0.1, -0.05) is 24.3 Å². The Morgan fingerprint density at radius 3 is 2.57 bits per heavy atom. The van der Waals surface area contributed by atoms with Crippen molar-refractivity contribution in [2.45, 2.75) is 11.7 Å². The molecule has 6 heteroatoms. The number of primary sulfonamides is 1. The monoisotopic (exact) mass is 301 g/mol. The predicted molar refractivity (Wildman–Crippen MR) is 82.1 cm³/mol. The fourth-order valence-corrected chi connectivity index (χ4v) is 3.31. The third-order valence-corrected chi connectivity index (χ3v) is 5.42. The van der Waals surface area contributed by atoms with Crippen molar-refractivity contribution in [3.8, 4) is 0 Å². The number of aromatic amines is 1. The third kappa shape index (κ3) is 2.12. The molecular formula is C15H15N3O2S. The van der Waals surface area contributed by atoms with Crippen LogP contribution in [0, 0.1) is 0 Å². The van der Waals surface area contributed by atoms with E-state index in [4.69, 9.17) is 5.14 Å². The molecule has 5 nitrogen and oxygen atoms in total. The summed E-state index contributed by atoms with van der Waals surface area (Å²) in [5, 5.41) is 6.46. The third-order valence-electron chi connectivity index (χ3n) is 3.83. The lowest BCUT2D eigenvalue weighted by atomic mass is 9.98. The van der Waals surface area contributed by atoms with Crippen LogP contribution in [0.1, 0.15) is 18.2 Å². The van der Waals surface area contributed by atoms with E-state index in [9.17, 15) is 8.42 Å². The van der Waals surface area contributed by atoms with Gasteiger partial charge in [-0.15, -0.1) is 0 Å². The van der Waals surface area contributed by atoms with Crippen molar-refractivity contribution in [3.05, 3.63) is 66.1 Å². The quantitative estimate of drug-likeness (QED) is 0.776. The molecule has 0 radical (unpaired) electrons. The van der Waals surface area contributed by atoms with E-state index in [-0.39, 0.29) is 0 Å². The maximum atomic E-state index is 12.3. The number of benzene rings is 1. The number of nitrogens with one attached hydrogen (secondary N) is 1. The lowest BCUT2D eigenvalue weighted by molar-refractivity contribution is 0.563. The number of nitrogens with two attached hydrogens (primary N) is 1. The van der Waals surface area contributed by atoms with Crippen LogP contribution < -0.4 is 5.14 Å². The Labute approximate surface area is 122 Å². The van der Waals surface area contributed by atoms with E-state index in [0.717, 1.165) is 10.9 Å². The topological polar surface area (TPSA) is 88.8 Å². The molecule has 0 aliphatic carbocycles. The summed E-state index contributed by atoms with van der Waals surface area (Å²) in [4.78, 5) is 7.16. The summed E-state index contributed by atoms with van der Waals surface area (Å²) in [6, 6.07) is 12.8. The Kier molecular flexibility index (Phi) is 3.07. The van der Waals surface area contributed by atoms with Crippen molar-refractivity contribution >= 4 is 20.9 Å². The molecule has 2 heterocycles. The fourth-order valence-electron chi connectivity index (χ4n) is 2.45. The van der Waals surface area contributed by atoms with Gasteiger partial charge in [0.15, 0.2) is 0 Å². The fraction of sp³-hybridized carbons (Fsp3) is 0.133. The molecule has 108 valence electrons. The van der Waals surface area contributed by atoms with Gasteiger partial charge in [0, 0.05) is 23.6 Å². The van der Waals surface area contributed by atoms with E-state index in [0.29, 0.717) is 11.3 Å². The first-order chi connectivity index (χ1) is 9.93. The molecule has 0 aliphatic heterocycles. The smallest absolute Gasteiger partial charge is 0.224 e. The number of rotatable bonds is 3. The molecule has 0 amide bonds. The van der Waals surface area contributed by atoms with Gasteiger partial charge >= 0.3 is 0 Å². The molecule has 0 aliphatic rings. The molecule has 0 spiro atoms. The molecule has 0 saturated heterocycles. The number of hydrogen-bond donors (Lipinski definition) is 2. The van der Waals surface area contributed by atoms with Gasteiger partial charge < -0.3 is 4.98 Å². The first-order valence-corrected chi connectivity index (χ1v) is 7.98. The molecule has 0 bridgehead atoms. The van der Waals surface area contributed by atoms with Crippen LogP contribution in [-0.2, 0) is 14.8 Å². The molecule has 3 aromatic rings. The second kappa shape index (κ2) is 4.68. The Hall–Kier alpha value is -2.18. The van der Waals surface area contributed by atoms with Crippen LogP contribution in [0.4, 0.5) is 0 Å². The number of nitrogens with zero attached hydrogens (tertiary/aromatic N) is 1. The van der Waals surface area contributed by atoms with E-state index >= 15 is 0 Å². The summed E-state index contributed by atoms with van der Waals surface area (Å²) in [6.07, 6.45) is 3.12. The maximum absolute atomic E-state index is 12.3. The van der Waals surface area contributed by atoms with Crippen molar-refractivity contribution in [3.63, 3.8) is 0 Å². The zero-order valence-corrected chi connectivity index (χ0v) is 12.3. The number of pyridine rings is 1. The van der Waals surface area contributed by atoms with Crippen LogP contribution in [0.3, 0.4) is 0 Å². The van der Waals surface area contributed by atoms with Gasteiger partial charge in [-0.3, -0.25) is 4.98 Å². The summed E-state index contributed by atoms with van der Waals surface area (Å²) >= 11 is 0. The molecule has 3 N–H and O–H groups in total. The minimum atomic E-state index is -3.89. The van der Waals surface area contributed by atoms with Crippen LogP contribution in [0.2, 0.25) is 0 Å². The lowest BCUT2D eigenvalue weighted by Gasteiger charge is -2.26. The maximum Gasteiger partial charge on any atom is 0.224 e. The summed E-state index contributed by atoms with van der Waals surface area (Å²) < 4.78 is 23.1. The van der Waals surface area contributed by atoms with Gasteiger partial charge in [-0.2, -0.15) is 0 Å². The highest BCUT2D eigenvalue weighted by molar-refractivity contribution is 7.90. The first kappa shape index (κ1) is 13.8. The molecule has 1 aromatic carbocycles. The molecule has 0 saturated carbocycles. The van der Waals surface area contributed by atoms with Gasteiger partial charge in [0.2, 0.25) is 10.0 Å². The van der Waals surface area contributed by atoms with E-state index in [1.54, 1.807) is 25.3 Å². The van der Waals surface area contributed by atoms with Crippen LogP contribution in [0.5, 0.6) is 0 Å². The lowest BCUT2D eigenvalue weighted by Crippen LogP contribution is -2.39. The Morgan fingerprint density at radius 1 is 1.19 bits per heavy atom. The van der Waals surface area contributed by atoms with Crippen LogP contribution >= 0.6 is 0 Å².